The number of amidine groups is 1. The molecular formula is C5H11FN2O. The molecule has 0 atom stereocenters. The summed E-state index contributed by atoms with van der Waals surface area (Å²) in [4.78, 5) is 0. The predicted octanol–water partition coefficient (Wildman–Crippen LogP) is 0.729. The van der Waals surface area contributed by atoms with Crippen LogP contribution in [0, 0.1) is 5.41 Å². The summed E-state index contributed by atoms with van der Waals surface area (Å²) in [6, 6.07) is 0. The molecule has 0 heterocycles. The van der Waals surface area contributed by atoms with Gasteiger partial charge in [0.1, 0.15) is 12.5 Å². The van der Waals surface area contributed by atoms with Crippen LogP contribution < -0.4 is 5.73 Å². The third kappa shape index (κ3) is 1.87. The quantitative estimate of drug-likeness (QED) is 0.253. The van der Waals surface area contributed by atoms with Gasteiger partial charge >= 0.3 is 0 Å². The van der Waals surface area contributed by atoms with E-state index in [4.69, 9.17) is 10.9 Å². The van der Waals surface area contributed by atoms with Gasteiger partial charge in [-0.25, -0.2) is 0 Å². The van der Waals surface area contributed by atoms with Crippen molar-refractivity contribution in [2.45, 2.75) is 13.8 Å². The molecule has 0 saturated heterocycles. The van der Waals surface area contributed by atoms with Crippen molar-refractivity contribution in [2.75, 3.05) is 6.67 Å². The van der Waals surface area contributed by atoms with E-state index in [0.717, 1.165) is 0 Å². The molecule has 0 radical (unpaired) electrons. The first-order valence-electron chi connectivity index (χ1n) is 2.58. The first-order chi connectivity index (χ1) is 4.04. The van der Waals surface area contributed by atoms with Crippen LogP contribution in [0.1, 0.15) is 13.8 Å². The van der Waals surface area contributed by atoms with Gasteiger partial charge in [-0.2, -0.15) is 0 Å². The lowest BCUT2D eigenvalue weighted by Crippen LogP contribution is -2.33. The number of rotatable bonds is 2. The molecular weight excluding hydrogens is 123 g/mol. The summed E-state index contributed by atoms with van der Waals surface area (Å²) >= 11 is 0. The summed E-state index contributed by atoms with van der Waals surface area (Å²) in [5, 5.41) is 10.8. The SMILES string of the molecule is CC(C)(CF)/C(N)=N/O. The van der Waals surface area contributed by atoms with Gasteiger partial charge in [-0.1, -0.05) is 19.0 Å². The maximum atomic E-state index is 11.9. The second kappa shape index (κ2) is 2.66. The van der Waals surface area contributed by atoms with Gasteiger partial charge in [-0.3, -0.25) is 4.39 Å². The zero-order valence-corrected chi connectivity index (χ0v) is 5.56. The van der Waals surface area contributed by atoms with Gasteiger partial charge in [0.25, 0.3) is 0 Å². The largest absolute Gasteiger partial charge is 0.409 e. The molecule has 0 aliphatic heterocycles. The predicted molar refractivity (Wildman–Crippen MR) is 33.2 cm³/mol. The molecule has 0 aromatic rings. The molecule has 3 N–H and O–H groups in total. The van der Waals surface area contributed by atoms with Crippen molar-refractivity contribution in [3.05, 3.63) is 0 Å². The Balaban J connectivity index is 4.14. The Morgan fingerprint density at radius 2 is 2.22 bits per heavy atom. The minimum Gasteiger partial charge on any atom is -0.409 e. The first-order valence-corrected chi connectivity index (χ1v) is 2.58. The molecule has 0 aromatic heterocycles. The van der Waals surface area contributed by atoms with E-state index in [1.807, 2.05) is 0 Å². The summed E-state index contributed by atoms with van der Waals surface area (Å²) in [5.74, 6) is -0.0787. The standard InChI is InChI=1S/C5H11FN2O/c1-5(2,3-6)4(7)8-9/h9H,3H2,1-2H3,(H2,7,8). The van der Waals surface area contributed by atoms with Crippen LogP contribution >= 0.6 is 0 Å². The van der Waals surface area contributed by atoms with E-state index in [-0.39, 0.29) is 5.84 Å². The molecule has 0 amide bonds. The van der Waals surface area contributed by atoms with E-state index in [0.29, 0.717) is 0 Å². The molecule has 0 aliphatic rings. The van der Waals surface area contributed by atoms with Crippen LogP contribution in [0.4, 0.5) is 4.39 Å². The Bertz CT molecular complexity index is 122. The number of alkyl halides is 1. The zero-order valence-electron chi connectivity index (χ0n) is 5.56. The smallest absolute Gasteiger partial charge is 0.147 e. The fourth-order valence-corrected chi connectivity index (χ4v) is 0.204. The molecule has 0 aliphatic carbocycles. The normalized spacial score (nSPS) is 13.9. The van der Waals surface area contributed by atoms with Gasteiger partial charge in [-0.05, 0) is 0 Å². The van der Waals surface area contributed by atoms with Crippen molar-refractivity contribution < 1.29 is 9.60 Å². The molecule has 0 rings (SSSR count). The lowest BCUT2D eigenvalue weighted by Gasteiger charge is -2.17. The molecule has 4 heteroatoms. The van der Waals surface area contributed by atoms with E-state index >= 15 is 0 Å². The average molecular weight is 134 g/mol. The van der Waals surface area contributed by atoms with Crippen molar-refractivity contribution in [3.8, 4) is 0 Å². The minimum absolute atomic E-state index is 0.0787. The van der Waals surface area contributed by atoms with Gasteiger partial charge in [0.05, 0.1) is 5.41 Å². The highest BCUT2D eigenvalue weighted by Crippen LogP contribution is 2.14. The molecule has 0 unspecified atom stereocenters. The number of halogens is 1. The van der Waals surface area contributed by atoms with E-state index < -0.39 is 12.1 Å². The van der Waals surface area contributed by atoms with Crippen LogP contribution in [0.5, 0.6) is 0 Å². The number of hydrogen-bond acceptors (Lipinski definition) is 2. The Morgan fingerprint density at radius 1 is 1.78 bits per heavy atom. The molecule has 0 aromatic carbocycles. The van der Waals surface area contributed by atoms with E-state index in [9.17, 15) is 4.39 Å². The Labute approximate surface area is 53.3 Å². The number of oxime groups is 1. The molecule has 0 fully saturated rings. The van der Waals surface area contributed by atoms with Gasteiger partial charge < -0.3 is 10.9 Å². The van der Waals surface area contributed by atoms with Crippen LogP contribution in [0.15, 0.2) is 5.16 Å². The molecule has 0 bridgehead atoms. The Kier molecular flexibility index (Phi) is 2.42. The van der Waals surface area contributed by atoms with Crippen LogP contribution in [-0.2, 0) is 0 Å². The maximum Gasteiger partial charge on any atom is 0.147 e. The second-order valence-corrected chi connectivity index (χ2v) is 2.50. The number of hydrogen-bond donors (Lipinski definition) is 2. The van der Waals surface area contributed by atoms with Crippen LogP contribution in [0.25, 0.3) is 0 Å². The fraction of sp³-hybridized carbons (Fsp3) is 0.800. The summed E-state index contributed by atoms with van der Waals surface area (Å²) in [6.07, 6.45) is 0. The van der Waals surface area contributed by atoms with Crippen molar-refractivity contribution in [3.63, 3.8) is 0 Å². The molecule has 54 valence electrons. The van der Waals surface area contributed by atoms with E-state index in [1.54, 1.807) is 13.8 Å². The van der Waals surface area contributed by atoms with Crippen LogP contribution in [0.2, 0.25) is 0 Å². The van der Waals surface area contributed by atoms with E-state index in [2.05, 4.69) is 5.16 Å². The number of nitrogens with zero attached hydrogens (tertiary/aromatic N) is 1. The van der Waals surface area contributed by atoms with Gasteiger partial charge in [-0.15, -0.1) is 0 Å². The van der Waals surface area contributed by atoms with Crippen LogP contribution in [0.3, 0.4) is 0 Å². The monoisotopic (exact) mass is 134 g/mol. The Morgan fingerprint density at radius 3 is 2.33 bits per heavy atom. The van der Waals surface area contributed by atoms with Gasteiger partial charge in [0.2, 0.25) is 0 Å². The summed E-state index contributed by atoms with van der Waals surface area (Å²) in [7, 11) is 0. The topological polar surface area (TPSA) is 58.6 Å². The maximum absolute atomic E-state index is 11.9. The number of nitrogens with two attached hydrogens (primary N) is 1. The van der Waals surface area contributed by atoms with Gasteiger partial charge in [0, 0.05) is 0 Å². The van der Waals surface area contributed by atoms with Gasteiger partial charge in [0.15, 0.2) is 0 Å². The zero-order chi connectivity index (χ0) is 7.49. The summed E-state index contributed by atoms with van der Waals surface area (Å²) in [5.41, 5.74) is 4.28. The second-order valence-electron chi connectivity index (χ2n) is 2.50. The molecule has 0 spiro atoms. The van der Waals surface area contributed by atoms with E-state index in [1.165, 1.54) is 0 Å². The van der Waals surface area contributed by atoms with Crippen molar-refractivity contribution in [1.29, 1.82) is 0 Å². The lowest BCUT2D eigenvalue weighted by atomic mass is 9.94. The first kappa shape index (κ1) is 8.20. The highest BCUT2D eigenvalue weighted by atomic mass is 19.1. The van der Waals surface area contributed by atoms with Crippen molar-refractivity contribution in [2.24, 2.45) is 16.3 Å². The fourth-order valence-electron chi connectivity index (χ4n) is 0.204. The van der Waals surface area contributed by atoms with Crippen molar-refractivity contribution >= 4 is 5.84 Å². The summed E-state index contributed by atoms with van der Waals surface area (Å²) in [6.45, 7) is 2.49. The summed E-state index contributed by atoms with van der Waals surface area (Å²) < 4.78 is 11.9. The van der Waals surface area contributed by atoms with Crippen molar-refractivity contribution in [1.82, 2.24) is 0 Å². The average Bonchev–Trinajstić information content (AvgIpc) is 1.86. The minimum atomic E-state index is -0.839. The molecule has 0 saturated carbocycles. The molecule has 3 nitrogen and oxygen atoms in total. The van der Waals surface area contributed by atoms with Crippen LogP contribution in [-0.4, -0.2) is 17.7 Å². The third-order valence-electron chi connectivity index (χ3n) is 1.14. The third-order valence-corrected chi connectivity index (χ3v) is 1.14. The molecule has 9 heavy (non-hydrogen) atoms. The Hall–Kier alpha value is -0.800. The lowest BCUT2D eigenvalue weighted by molar-refractivity contribution is 0.291. The highest BCUT2D eigenvalue weighted by molar-refractivity contribution is 5.85. The highest BCUT2D eigenvalue weighted by Gasteiger charge is 2.22.